The fourth-order valence-corrected chi connectivity index (χ4v) is 4.70. The highest BCUT2D eigenvalue weighted by atomic mass is 32.2. The van der Waals surface area contributed by atoms with Gasteiger partial charge in [-0.05, 0) is 48.6 Å². The van der Waals surface area contributed by atoms with Crippen LogP contribution in [0.5, 0.6) is 0 Å². The summed E-state index contributed by atoms with van der Waals surface area (Å²) in [7, 11) is -3.33. The Morgan fingerprint density at radius 3 is 2.65 bits per heavy atom. The van der Waals surface area contributed by atoms with E-state index in [0.29, 0.717) is 16.5 Å². The molecule has 0 spiro atoms. The van der Waals surface area contributed by atoms with Crippen LogP contribution in [-0.4, -0.2) is 20.7 Å². The highest BCUT2D eigenvalue weighted by Gasteiger charge is 2.13. The molecule has 20 heavy (non-hydrogen) atoms. The number of thiophene rings is 1. The van der Waals surface area contributed by atoms with Crippen LogP contribution in [0.1, 0.15) is 11.1 Å². The second-order valence-corrected chi connectivity index (χ2v) is 8.53. The lowest BCUT2D eigenvalue weighted by Gasteiger charge is -2.06. The predicted octanol–water partition coefficient (Wildman–Crippen LogP) is 3.44. The van der Waals surface area contributed by atoms with E-state index in [-0.39, 0.29) is 0 Å². The van der Waals surface area contributed by atoms with Gasteiger partial charge in [0.2, 0.25) is 10.0 Å². The smallest absolute Gasteiger partial charge is 0.210 e. The van der Waals surface area contributed by atoms with Gasteiger partial charge < -0.3 is 0 Å². The van der Waals surface area contributed by atoms with E-state index < -0.39 is 10.0 Å². The van der Waals surface area contributed by atoms with Gasteiger partial charge in [-0.25, -0.2) is 13.1 Å². The Morgan fingerprint density at radius 2 is 2.00 bits per heavy atom. The zero-order valence-electron chi connectivity index (χ0n) is 11.4. The summed E-state index contributed by atoms with van der Waals surface area (Å²) < 4.78 is 26.8. The van der Waals surface area contributed by atoms with Crippen molar-refractivity contribution < 1.29 is 8.42 Å². The molecule has 0 radical (unpaired) electrons. The lowest BCUT2D eigenvalue weighted by atomic mass is 10.1. The third-order valence-electron chi connectivity index (χ3n) is 2.90. The van der Waals surface area contributed by atoms with Gasteiger partial charge in [-0.15, -0.1) is 23.1 Å². The number of sulfonamides is 1. The van der Waals surface area contributed by atoms with Crippen molar-refractivity contribution in [2.24, 2.45) is 0 Å². The summed E-state index contributed by atoms with van der Waals surface area (Å²) in [5, 5.41) is 1.76. The van der Waals surface area contributed by atoms with Crippen LogP contribution in [0.25, 0.3) is 0 Å². The Bertz CT molecular complexity index is 664. The Balaban J connectivity index is 1.83. The minimum Gasteiger partial charge on any atom is -0.210 e. The fourth-order valence-electron chi connectivity index (χ4n) is 1.64. The zero-order chi connectivity index (χ0) is 14.6. The SMILES string of the molecule is Cc1ccc(SCCNS(=O)(=O)c2cccs2)cc1C. The summed E-state index contributed by atoms with van der Waals surface area (Å²) in [4.78, 5) is 1.17. The zero-order valence-corrected chi connectivity index (χ0v) is 13.9. The summed E-state index contributed by atoms with van der Waals surface area (Å²) in [5.41, 5.74) is 2.53. The minimum atomic E-state index is -3.33. The van der Waals surface area contributed by atoms with Gasteiger partial charge in [0.1, 0.15) is 4.21 Å². The maximum absolute atomic E-state index is 11.9. The molecule has 0 aliphatic rings. The molecule has 2 aromatic rings. The molecule has 0 amide bonds. The first kappa shape index (κ1) is 15.6. The second kappa shape index (κ2) is 6.76. The molecule has 0 saturated heterocycles. The van der Waals surface area contributed by atoms with Crippen molar-refractivity contribution in [3.63, 3.8) is 0 Å². The van der Waals surface area contributed by atoms with Crippen molar-refractivity contribution >= 4 is 33.1 Å². The molecule has 0 atom stereocenters. The van der Waals surface area contributed by atoms with Crippen molar-refractivity contribution in [2.45, 2.75) is 23.0 Å². The van der Waals surface area contributed by atoms with Gasteiger partial charge in [0, 0.05) is 17.2 Å². The second-order valence-electron chi connectivity index (χ2n) is 4.42. The maximum atomic E-state index is 11.9. The van der Waals surface area contributed by atoms with Crippen molar-refractivity contribution in [3.05, 3.63) is 46.8 Å². The van der Waals surface area contributed by atoms with Crippen molar-refractivity contribution in [1.82, 2.24) is 4.72 Å². The molecule has 1 aromatic carbocycles. The molecular formula is C14H17NO2S3. The van der Waals surface area contributed by atoms with Crippen LogP contribution in [0.15, 0.2) is 44.8 Å². The lowest BCUT2D eigenvalue weighted by Crippen LogP contribution is -2.25. The molecule has 1 heterocycles. The van der Waals surface area contributed by atoms with Gasteiger partial charge in [-0.2, -0.15) is 0 Å². The van der Waals surface area contributed by atoms with Crippen molar-refractivity contribution in [2.75, 3.05) is 12.3 Å². The Morgan fingerprint density at radius 1 is 1.20 bits per heavy atom. The van der Waals surface area contributed by atoms with E-state index >= 15 is 0 Å². The van der Waals surface area contributed by atoms with E-state index in [1.807, 2.05) is 0 Å². The van der Waals surface area contributed by atoms with E-state index in [4.69, 9.17) is 0 Å². The molecule has 0 fully saturated rings. The fraction of sp³-hybridized carbons (Fsp3) is 0.286. The first-order chi connectivity index (χ1) is 9.49. The van der Waals surface area contributed by atoms with Crippen molar-refractivity contribution in [3.8, 4) is 0 Å². The van der Waals surface area contributed by atoms with E-state index in [0.717, 1.165) is 0 Å². The number of nitrogens with one attached hydrogen (secondary N) is 1. The normalized spacial score (nSPS) is 11.7. The molecule has 6 heteroatoms. The van der Waals surface area contributed by atoms with E-state index in [9.17, 15) is 8.42 Å². The number of rotatable bonds is 6. The first-order valence-electron chi connectivity index (χ1n) is 6.22. The summed E-state index contributed by atoms with van der Waals surface area (Å²) >= 11 is 2.89. The first-order valence-corrected chi connectivity index (χ1v) is 9.57. The number of thioether (sulfide) groups is 1. The van der Waals surface area contributed by atoms with Crippen LogP contribution >= 0.6 is 23.1 Å². The van der Waals surface area contributed by atoms with Gasteiger partial charge >= 0.3 is 0 Å². The standard InChI is InChI=1S/C14H17NO2S3/c1-11-5-6-13(10-12(11)2)18-9-7-15-20(16,17)14-4-3-8-19-14/h3-6,8,10,15H,7,9H2,1-2H3. The number of benzene rings is 1. The molecule has 3 nitrogen and oxygen atoms in total. The molecule has 0 bridgehead atoms. The van der Waals surface area contributed by atoms with Crippen LogP contribution < -0.4 is 4.72 Å². The van der Waals surface area contributed by atoms with E-state index in [1.54, 1.807) is 29.3 Å². The van der Waals surface area contributed by atoms with E-state index in [1.165, 1.54) is 27.4 Å². The third-order valence-corrected chi connectivity index (χ3v) is 6.76. The Hall–Kier alpha value is -0.820. The van der Waals surface area contributed by atoms with Gasteiger partial charge in [-0.1, -0.05) is 12.1 Å². The van der Waals surface area contributed by atoms with Crippen LogP contribution in [0.2, 0.25) is 0 Å². The maximum Gasteiger partial charge on any atom is 0.250 e. The van der Waals surface area contributed by atoms with Crippen molar-refractivity contribution in [1.29, 1.82) is 0 Å². The summed E-state index contributed by atoms with van der Waals surface area (Å²) in [6.07, 6.45) is 0. The molecule has 1 aromatic heterocycles. The summed E-state index contributed by atoms with van der Waals surface area (Å²) in [6.45, 7) is 4.59. The molecule has 0 unspecified atom stereocenters. The third kappa shape index (κ3) is 4.09. The highest BCUT2D eigenvalue weighted by molar-refractivity contribution is 7.99. The average molecular weight is 327 g/mol. The quantitative estimate of drug-likeness (QED) is 0.653. The van der Waals surface area contributed by atoms with E-state index in [2.05, 4.69) is 36.8 Å². The average Bonchev–Trinajstić information content (AvgIpc) is 2.93. The van der Waals surface area contributed by atoms with Gasteiger partial charge in [0.05, 0.1) is 0 Å². The number of aryl methyl sites for hydroxylation is 2. The predicted molar refractivity (Wildman–Crippen MR) is 86.1 cm³/mol. The van der Waals surface area contributed by atoms with Crippen LogP contribution in [0.4, 0.5) is 0 Å². The van der Waals surface area contributed by atoms with Crippen LogP contribution in [0.3, 0.4) is 0 Å². The Labute approximate surface area is 128 Å². The van der Waals surface area contributed by atoms with Gasteiger partial charge in [0.15, 0.2) is 0 Å². The number of hydrogen-bond acceptors (Lipinski definition) is 4. The molecule has 0 saturated carbocycles. The van der Waals surface area contributed by atoms with Gasteiger partial charge in [0.25, 0.3) is 0 Å². The molecule has 0 aliphatic carbocycles. The van der Waals surface area contributed by atoms with Crippen LogP contribution in [0, 0.1) is 13.8 Å². The molecule has 108 valence electrons. The molecule has 0 aliphatic heterocycles. The topological polar surface area (TPSA) is 46.2 Å². The van der Waals surface area contributed by atoms with Gasteiger partial charge in [-0.3, -0.25) is 0 Å². The molecular weight excluding hydrogens is 310 g/mol. The lowest BCUT2D eigenvalue weighted by molar-refractivity contribution is 0.586. The largest absolute Gasteiger partial charge is 0.250 e. The number of hydrogen-bond donors (Lipinski definition) is 1. The highest BCUT2D eigenvalue weighted by Crippen LogP contribution is 2.21. The molecule has 1 N–H and O–H groups in total. The summed E-state index contributed by atoms with van der Waals surface area (Å²) in [6, 6.07) is 9.65. The summed E-state index contributed by atoms with van der Waals surface area (Å²) in [5.74, 6) is 0.715. The Kier molecular flexibility index (Phi) is 5.26. The van der Waals surface area contributed by atoms with Crippen LogP contribution in [-0.2, 0) is 10.0 Å². The molecule has 2 rings (SSSR count). The minimum absolute atomic E-state index is 0.369. The monoisotopic (exact) mass is 327 g/mol.